The Balaban J connectivity index is 2.85. The maximum atomic E-state index is 10.7. The van der Waals surface area contributed by atoms with Gasteiger partial charge in [-0.1, -0.05) is 6.07 Å². The van der Waals surface area contributed by atoms with Gasteiger partial charge >= 0.3 is 0 Å². The van der Waals surface area contributed by atoms with Gasteiger partial charge in [-0.05, 0) is 32.0 Å². The lowest BCUT2D eigenvalue weighted by atomic mass is 10.3. The molecule has 0 fully saturated rings. The van der Waals surface area contributed by atoms with Crippen LogP contribution in [0.2, 0.25) is 0 Å². The van der Waals surface area contributed by atoms with E-state index >= 15 is 0 Å². The highest BCUT2D eigenvalue weighted by atomic mass is 32.2. The summed E-state index contributed by atoms with van der Waals surface area (Å²) in [4.78, 5) is 0.359. The van der Waals surface area contributed by atoms with Crippen molar-refractivity contribution < 1.29 is 13.5 Å². The Morgan fingerprint density at radius 3 is 2.69 bits per heavy atom. The van der Waals surface area contributed by atoms with Crippen molar-refractivity contribution in [2.45, 2.75) is 24.8 Å². The molecule has 13 heavy (non-hydrogen) atoms. The zero-order valence-electron chi connectivity index (χ0n) is 7.56. The van der Waals surface area contributed by atoms with Gasteiger partial charge in [-0.3, -0.25) is 0 Å². The zero-order valence-corrected chi connectivity index (χ0v) is 8.38. The van der Waals surface area contributed by atoms with Crippen LogP contribution in [0.4, 0.5) is 0 Å². The fraction of sp³-hybridized carbons (Fsp3) is 0.333. The van der Waals surface area contributed by atoms with E-state index in [9.17, 15) is 4.21 Å². The monoisotopic (exact) mass is 200 g/mol. The Morgan fingerprint density at radius 2 is 2.15 bits per heavy atom. The Hall–Kier alpha value is -0.870. The average molecular weight is 200 g/mol. The van der Waals surface area contributed by atoms with Crippen molar-refractivity contribution in [2.24, 2.45) is 0 Å². The molecule has 1 aromatic rings. The summed E-state index contributed by atoms with van der Waals surface area (Å²) in [6, 6.07) is 6.61. The molecule has 1 atom stereocenters. The van der Waals surface area contributed by atoms with Crippen molar-refractivity contribution in [2.75, 3.05) is 0 Å². The maximum absolute atomic E-state index is 10.7. The standard InChI is InChI=1S/C9H12O3S/c1-7(2)12-8-4-3-5-9(6-8)13(10)11/h3-7H,1-2H3,(H,10,11). The molecule has 0 spiro atoms. The van der Waals surface area contributed by atoms with Crippen LogP contribution in [0.15, 0.2) is 29.2 Å². The first-order valence-electron chi connectivity index (χ1n) is 3.97. The van der Waals surface area contributed by atoms with Crippen molar-refractivity contribution in [3.8, 4) is 5.75 Å². The van der Waals surface area contributed by atoms with E-state index in [1.54, 1.807) is 24.3 Å². The molecule has 0 bridgehead atoms. The normalized spacial score (nSPS) is 12.9. The van der Waals surface area contributed by atoms with Crippen LogP contribution in [0, 0.1) is 0 Å². The molecule has 1 unspecified atom stereocenters. The number of rotatable bonds is 3. The molecular formula is C9H12O3S. The van der Waals surface area contributed by atoms with Gasteiger partial charge in [0, 0.05) is 0 Å². The quantitative estimate of drug-likeness (QED) is 0.759. The minimum absolute atomic E-state index is 0.0716. The van der Waals surface area contributed by atoms with Crippen LogP contribution in [-0.4, -0.2) is 14.9 Å². The molecule has 0 saturated carbocycles. The topological polar surface area (TPSA) is 46.5 Å². The third-order valence-corrected chi connectivity index (χ3v) is 2.04. The molecule has 0 aliphatic rings. The van der Waals surface area contributed by atoms with Gasteiger partial charge in [0.25, 0.3) is 0 Å². The molecule has 72 valence electrons. The minimum Gasteiger partial charge on any atom is -0.491 e. The second kappa shape index (κ2) is 4.39. The highest BCUT2D eigenvalue weighted by Gasteiger charge is 2.02. The van der Waals surface area contributed by atoms with Crippen molar-refractivity contribution in [1.29, 1.82) is 0 Å². The molecule has 0 heterocycles. The molecule has 4 heteroatoms. The average Bonchev–Trinajstić information content (AvgIpc) is 2.03. The van der Waals surface area contributed by atoms with Crippen LogP contribution in [0.5, 0.6) is 5.75 Å². The molecule has 0 aliphatic heterocycles. The SMILES string of the molecule is CC(C)Oc1cccc(S(=O)O)c1. The number of ether oxygens (including phenoxy) is 1. The summed E-state index contributed by atoms with van der Waals surface area (Å²) in [5, 5.41) is 0. The van der Waals surface area contributed by atoms with Gasteiger partial charge in [0.2, 0.25) is 0 Å². The van der Waals surface area contributed by atoms with Crippen LogP contribution < -0.4 is 4.74 Å². The predicted octanol–water partition coefficient (Wildman–Crippen LogP) is 2.05. The van der Waals surface area contributed by atoms with Crippen molar-refractivity contribution >= 4 is 11.1 Å². The van der Waals surface area contributed by atoms with E-state index in [2.05, 4.69) is 0 Å². The summed E-state index contributed by atoms with van der Waals surface area (Å²) in [6.45, 7) is 3.81. The fourth-order valence-corrected chi connectivity index (χ4v) is 1.34. The lowest BCUT2D eigenvalue weighted by Crippen LogP contribution is -2.05. The molecule has 0 aromatic heterocycles. The number of benzene rings is 1. The van der Waals surface area contributed by atoms with Gasteiger partial charge in [-0.2, -0.15) is 0 Å². The van der Waals surface area contributed by atoms with Gasteiger partial charge in [0.15, 0.2) is 11.1 Å². The lowest BCUT2D eigenvalue weighted by Gasteiger charge is -2.09. The highest BCUT2D eigenvalue weighted by molar-refractivity contribution is 7.79. The molecule has 0 saturated heterocycles. The van der Waals surface area contributed by atoms with Crippen LogP contribution in [0.25, 0.3) is 0 Å². The highest BCUT2D eigenvalue weighted by Crippen LogP contribution is 2.16. The van der Waals surface area contributed by atoms with Gasteiger partial charge in [-0.25, -0.2) is 4.21 Å². The van der Waals surface area contributed by atoms with Crippen LogP contribution in [0.3, 0.4) is 0 Å². The summed E-state index contributed by atoms with van der Waals surface area (Å²) in [7, 11) is 0. The van der Waals surface area contributed by atoms with Crippen molar-refractivity contribution in [1.82, 2.24) is 0 Å². The van der Waals surface area contributed by atoms with E-state index in [1.165, 1.54) is 0 Å². The molecule has 0 amide bonds. The lowest BCUT2D eigenvalue weighted by molar-refractivity contribution is 0.242. The zero-order chi connectivity index (χ0) is 9.84. The van der Waals surface area contributed by atoms with Crippen LogP contribution in [-0.2, 0) is 11.1 Å². The Bertz CT molecular complexity index is 309. The first-order chi connectivity index (χ1) is 6.09. The first kappa shape index (κ1) is 10.2. The van der Waals surface area contributed by atoms with Crippen molar-refractivity contribution in [3.05, 3.63) is 24.3 Å². The van der Waals surface area contributed by atoms with Gasteiger partial charge in [0.1, 0.15) is 5.75 Å². The third kappa shape index (κ3) is 3.16. The van der Waals surface area contributed by atoms with E-state index in [0.29, 0.717) is 10.6 Å². The number of hydrogen-bond acceptors (Lipinski definition) is 2. The molecular weight excluding hydrogens is 188 g/mol. The Morgan fingerprint density at radius 1 is 1.46 bits per heavy atom. The molecule has 0 aliphatic carbocycles. The molecule has 1 aromatic carbocycles. The van der Waals surface area contributed by atoms with Gasteiger partial charge < -0.3 is 9.29 Å². The summed E-state index contributed by atoms with van der Waals surface area (Å²) in [5.41, 5.74) is 0. The molecule has 0 radical (unpaired) electrons. The summed E-state index contributed by atoms with van der Waals surface area (Å²) in [5.74, 6) is 0.620. The van der Waals surface area contributed by atoms with E-state index in [1.807, 2.05) is 13.8 Å². The summed E-state index contributed by atoms with van der Waals surface area (Å²) >= 11 is -1.93. The van der Waals surface area contributed by atoms with E-state index in [0.717, 1.165) is 0 Å². The fourth-order valence-electron chi connectivity index (χ4n) is 0.928. The smallest absolute Gasteiger partial charge is 0.186 e. The van der Waals surface area contributed by atoms with E-state index in [-0.39, 0.29) is 6.10 Å². The largest absolute Gasteiger partial charge is 0.491 e. The molecule has 1 N–H and O–H groups in total. The Labute approximate surface area is 80.0 Å². The molecule has 3 nitrogen and oxygen atoms in total. The maximum Gasteiger partial charge on any atom is 0.186 e. The second-order valence-electron chi connectivity index (χ2n) is 2.89. The second-order valence-corrected chi connectivity index (χ2v) is 3.86. The van der Waals surface area contributed by atoms with Crippen LogP contribution >= 0.6 is 0 Å². The van der Waals surface area contributed by atoms with Crippen molar-refractivity contribution in [3.63, 3.8) is 0 Å². The Kier molecular flexibility index (Phi) is 3.45. The minimum atomic E-state index is -1.93. The van der Waals surface area contributed by atoms with E-state index < -0.39 is 11.1 Å². The summed E-state index contributed by atoms with van der Waals surface area (Å²) in [6.07, 6.45) is 0.0716. The third-order valence-electron chi connectivity index (χ3n) is 1.38. The van der Waals surface area contributed by atoms with Gasteiger partial charge in [0.05, 0.1) is 11.0 Å². The van der Waals surface area contributed by atoms with E-state index in [4.69, 9.17) is 9.29 Å². The number of hydrogen-bond donors (Lipinski definition) is 1. The van der Waals surface area contributed by atoms with Gasteiger partial charge in [-0.15, -0.1) is 0 Å². The predicted molar refractivity (Wildman–Crippen MR) is 51.2 cm³/mol. The van der Waals surface area contributed by atoms with Crippen LogP contribution in [0.1, 0.15) is 13.8 Å². The first-order valence-corrected chi connectivity index (χ1v) is 5.08. The molecule has 1 rings (SSSR count). The summed E-state index contributed by atoms with van der Waals surface area (Å²) < 4.78 is 24.9.